The normalized spacial score (nSPS) is 12.9. The maximum atomic E-state index is 2.41. The molecule has 0 amide bonds. The van der Waals surface area contributed by atoms with Crippen LogP contribution in [0.3, 0.4) is 0 Å². The summed E-state index contributed by atoms with van der Waals surface area (Å²) >= 11 is 0. The van der Waals surface area contributed by atoms with Gasteiger partial charge in [-0.25, -0.2) is 0 Å². The van der Waals surface area contributed by atoms with Gasteiger partial charge in [0, 0.05) is 5.41 Å². The fraction of sp³-hybridized carbons (Fsp3) is 0.0566. The first-order valence-corrected chi connectivity index (χ1v) is 18.6. The maximum absolute atomic E-state index is 2.41. The molecule has 0 aliphatic heterocycles. The highest BCUT2D eigenvalue weighted by Crippen LogP contribution is 2.50. The Balaban J connectivity index is 0.885. The predicted octanol–water partition coefficient (Wildman–Crippen LogP) is 14.6. The monoisotopic (exact) mass is 674 g/mol. The van der Waals surface area contributed by atoms with Crippen molar-refractivity contribution in [1.29, 1.82) is 0 Å². The molecule has 9 aromatic carbocycles. The van der Waals surface area contributed by atoms with E-state index in [1.165, 1.54) is 99.4 Å². The third-order valence-corrected chi connectivity index (χ3v) is 11.5. The average Bonchev–Trinajstić information content (AvgIpc) is 3.45. The molecule has 0 saturated carbocycles. The molecule has 9 aromatic rings. The summed E-state index contributed by atoms with van der Waals surface area (Å²) < 4.78 is 0. The summed E-state index contributed by atoms with van der Waals surface area (Å²) in [6.45, 7) is 4.73. The van der Waals surface area contributed by atoms with Crippen LogP contribution in [0.15, 0.2) is 194 Å². The smallest absolute Gasteiger partial charge is 0.0159 e. The van der Waals surface area contributed by atoms with Crippen LogP contribution < -0.4 is 0 Å². The van der Waals surface area contributed by atoms with Gasteiger partial charge in [0.1, 0.15) is 0 Å². The van der Waals surface area contributed by atoms with E-state index in [1.807, 2.05) is 0 Å². The molecule has 250 valence electrons. The van der Waals surface area contributed by atoms with Crippen molar-refractivity contribution in [2.24, 2.45) is 0 Å². The first kappa shape index (κ1) is 31.3. The van der Waals surface area contributed by atoms with E-state index in [-0.39, 0.29) is 5.41 Å². The summed E-state index contributed by atoms with van der Waals surface area (Å²) in [6, 6.07) is 71.6. The van der Waals surface area contributed by atoms with Crippen molar-refractivity contribution in [2.75, 3.05) is 0 Å². The van der Waals surface area contributed by atoms with Crippen molar-refractivity contribution in [3.63, 3.8) is 0 Å². The van der Waals surface area contributed by atoms with E-state index in [9.17, 15) is 0 Å². The standard InChI is InChI=1S/C53H38/c1-53(2)51-33-47(35-8-4-3-5-9-35)26-28-49(51)50-29-27-48(34-52(50)53)40-18-16-39(17-19-40)44-23-25-45-31-43(22-24-46(45)32-44)38-14-12-37(13-15-38)42-21-20-36-10-6-7-11-41(36)30-42/h3-34H,1-2H3. The van der Waals surface area contributed by atoms with Crippen molar-refractivity contribution in [3.05, 3.63) is 205 Å². The fourth-order valence-corrected chi connectivity index (χ4v) is 8.41. The highest BCUT2D eigenvalue weighted by Gasteiger charge is 2.35. The molecule has 0 N–H and O–H groups in total. The molecule has 0 bridgehead atoms. The molecule has 10 rings (SSSR count). The summed E-state index contributed by atoms with van der Waals surface area (Å²) in [4.78, 5) is 0. The lowest BCUT2D eigenvalue weighted by Gasteiger charge is -2.22. The van der Waals surface area contributed by atoms with Crippen LogP contribution in [0.2, 0.25) is 0 Å². The van der Waals surface area contributed by atoms with Crippen LogP contribution in [0, 0.1) is 0 Å². The van der Waals surface area contributed by atoms with Crippen molar-refractivity contribution >= 4 is 21.5 Å². The molecule has 0 aromatic heterocycles. The van der Waals surface area contributed by atoms with Gasteiger partial charge >= 0.3 is 0 Å². The highest BCUT2D eigenvalue weighted by atomic mass is 14.4. The minimum absolute atomic E-state index is 0.0717. The van der Waals surface area contributed by atoms with E-state index >= 15 is 0 Å². The van der Waals surface area contributed by atoms with E-state index in [1.54, 1.807) is 0 Å². The molecular weight excluding hydrogens is 637 g/mol. The largest absolute Gasteiger partial charge is 0.0622 e. The van der Waals surface area contributed by atoms with Crippen LogP contribution in [-0.2, 0) is 5.41 Å². The summed E-state index contributed by atoms with van der Waals surface area (Å²) in [5.41, 5.74) is 17.9. The molecule has 0 unspecified atom stereocenters. The number of hydrogen-bond donors (Lipinski definition) is 0. The summed E-state index contributed by atoms with van der Waals surface area (Å²) in [5.74, 6) is 0. The van der Waals surface area contributed by atoms with Gasteiger partial charge in [-0.05, 0) is 130 Å². The van der Waals surface area contributed by atoms with Gasteiger partial charge in [0.2, 0.25) is 0 Å². The van der Waals surface area contributed by atoms with Gasteiger partial charge in [0.05, 0.1) is 0 Å². The van der Waals surface area contributed by atoms with Gasteiger partial charge < -0.3 is 0 Å². The number of rotatable bonds is 5. The van der Waals surface area contributed by atoms with Crippen LogP contribution in [0.4, 0.5) is 0 Å². The Morgan fingerprint density at radius 1 is 0.245 bits per heavy atom. The van der Waals surface area contributed by atoms with Crippen molar-refractivity contribution in [3.8, 4) is 66.8 Å². The molecule has 0 radical (unpaired) electrons. The summed E-state index contributed by atoms with van der Waals surface area (Å²) in [5, 5.41) is 5.04. The zero-order valence-electron chi connectivity index (χ0n) is 30.0. The van der Waals surface area contributed by atoms with Gasteiger partial charge in [0.25, 0.3) is 0 Å². The van der Waals surface area contributed by atoms with Crippen LogP contribution in [0.25, 0.3) is 88.3 Å². The minimum atomic E-state index is -0.0717. The van der Waals surface area contributed by atoms with Crippen molar-refractivity contribution in [1.82, 2.24) is 0 Å². The third kappa shape index (κ3) is 5.47. The first-order chi connectivity index (χ1) is 26.0. The SMILES string of the molecule is CC1(C)c2cc(-c3ccccc3)ccc2-c2ccc(-c3ccc(-c4ccc5cc(-c6ccc(-c7ccc8ccccc8c7)cc6)ccc5c4)cc3)cc21. The summed E-state index contributed by atoms with van der Waals surface area (Å²) in [7, 11) is 0. The summed E-state index contributed by atoms with van der Waals surface area (Å²) in [6.07, 6.45) is 0. The molecular formula is C53H38. The second-order valence-corrected chi connectivity index (χ2v) is 15.0. The Morgan fingerprint density at radius 3 is 1.00 bits per heavy atom. The molecule has 0 fully saturated rings. The number of fused-ring (bicyclic) bond motifs is 5. The Labute approximate surface area is 311 Å². The fourth-order valence-electron chi connectivity index (χ4n) is 8.41. The molecule has 1 aliphatic rings. The molecule has 0 spiro atoms. The molecule has 53 heavy (non-hydrogen) atoms. The third-order valence-electron chi connectivity index (χ3n) is 11.5. The van der Waals surface area contributed by atoms with E-state index in [4.69, 9.17) is 0 Å². The lowest BCUT2D eigenvalue weighted by atomic mass is 9.81. The molecule has 1 aliphatic carbocycles. The van der Waals surface area contributed by atoms with Crippen LogP contribution in [0.1, 0.15) is 25.0 Å². The lowest BCUT2D eigenvalue weighted by Crippen LogP contribution is -2.15. The molecule has 0 heteroatoms. The Kier molecular flexibility index (Phi) is 7.27. The van der Waals surface area contributed by atoms with Gasteiger partial charge in [-0.2, -0.15) is 0 Å². The van der Waals surface area contributed by atoms with E-state index in [2.05, 4.69) is 208 Å². The van der Waals surface area contributed by atoms with E-state index in [0.29, 0.717) is 0 Å². The lowest BCUT2D eigenvalue weighted by molar-refractivity contribution is 0.661. The molecule has 0 heterocycles. The van der Waals surface area contributed by atoms with Gasteiger partial charge in [-0.3, -0.25) is 0 Å². The Morgan fingerprint density at radius 2 is 0.547 bits per heavy atom. The second kappa shape index (κ2) is 12.3. The van der Waals surface area contributed by atoms with Crippen molar-refractivity contribution < 1.29 is 0 Å². The molecule has 0 atom stereocenters. The number of benzene rings is 9. The second-order valence-electron chi connectivity index (χ2n) is 15.0. The van der Waals surface area contributed by atoms with Crippen LogP contribution in [0.5, 0.6) is 0 Å². The molecule has 0 nitrogen and oxygen atoms in total. The Bertz CT molecular complexity index is 2820. The quantitative estimate of drug-likeness (QED) is 0.170. The predicted molar refractivity (Wildman–Crippen MR) is 226 cm³/mol. The van der Waals surface area contributed by atoms with Crippen LogP contribution >= 0.6 is 0 Å². The average molecular weight is 675 g/mol. The van der Waals surface area contributed by atoms with Crippen molar-refractivity contribution in [2.45, 2.75) is 19.3 Å². The van der Waals surface area contributed by atoms with Crippen LogP contribution in [-0.4, -0.2) is 0 Å². The Hall–Kier alpha value is -6.50. The van der Waals surface area contributed by atoms with Gasteiger partial charge in [-0.15, -0.1) is 0 Å². The highest BCUT2D eigenvalue weighted by molar-refractivity contribution is 5.92. The maximum Gasteiger partial charge on any atom is 0.0159 e. The number of hydrogen-bond acceptors (Lipinski definition) is 0. The van der Waals surface area contributed by atoms with Gasteiger partial charge in [0.15, 0.2) is 0 Å². The molecule has 0 saturated heterocycles. The van der Waals surface area contributed by atoms with E-state index in [0.717, 1.165) is 0 Å². The van der Waals surface area contributed by atoms with E-state index < -0.39 is 0 Å². The first-order valence-electron chi connectivity index (χ1n) is 18.6. The zero-order valence-corrected chi connectivity index (χ0v) is 30.0. The van der Waals surface area contributed by atoms with Gasteiger partial charge in [-0.1, -0.05) is 178 Å². The zero-order chi connectivity index (χ0) is 35.5. The minimum Gasteiger partial charge on any atom is -0.0622 e. The topological polar surface area (TPSA) is 0 Å².